The van der Waals surface area contributed by atoms with Crippen molar-refractivity contribution in [3.8, 4) is 0 Å². The van der Waals surface area contributed by atoms with Gasteiger partial charge in [-0.1, -0.05) is 37.6 Å². The van der Waals surface area contributed by atoms with Crippen LogP contribution in [0.5, 0.6) is 0 Å². The highest BCUT2D eigenvalue weighted by molar-refractivity contribution is 6.07. The minimum absolute atomic E-state index is 0.0602. The van der Waals surface area contributed by atoms with E-state index in [1.807, 2.05) is 40.7 Å². The number of amides is 4. The highest BCUT2D eigenvalue weighted by atomic mass is 16.2. The molecule has 2 saturated heterocycles. The highest BCUT2D eigenvalue weighted by Gasteiger charge is 2.52. The Morgan fingerprint density at radius 2 is 1.96 bits per heavy atom. The molecule has 2 atom stereocenters. The van der Waals surface area contributed by atoms with Crippen molar-refractivity contribution < 1.29 is 14.4 Å². The molecule has 0 aromatic carbocycles. The van der Waals surface area contributed by atoms with E-state index in [4.69, 9.17) is 0 Å². The topological polar surface area (TPSA) is 78.5 Å². The molecular formula is C22H33N3O3. The van der Waals surface area contributed by atoms with Gasteiger partial charge in [-0.3, -0.25) is 14.9 Å². The molecule has 154 valence electrons. The Morgan fingerprint density at radius 1 is 1.25 bits per heavy atom. The van der Waals surface area contributed by atoms with Gasteiger partial charge in [0.25, 0.3) is 5.91 Å². The Morgan fingerprint density at radius 3 is 2.54 bits per heavy atom. The number of hydrogen-bond donors (Lipinski definition) is 2. The van der Waals surface area contributed by atoms with Crippen molar-refractivity contribution in [1.82, 2.24) is 15.5 Å². The monoisotopic (exact) mass is 387 g/mol. The molecule has 3 aliphatic rings. The molecule has 0 bridgehead atoms. The van der Waals surface area contributed by atoms with Crippen LogP contribution >= 0.6 is 0 Å². The van der Waals surface area contributed by atoms with Crippen LogP contribution < -0.4 is 10.6 Å². The van der Waals surface area contributed by atoms with Gasteiger partial charge in [-0.25, -0.2) is 4.79 Å². The van der Waals surface area contributed by atoms with Crippen molar-refractivity contribution in [3.63, 3.8) is 0 Å². The number of carbonyl (C=O) groups excluding carboxylic acids is 3. The SMILES string of the molecule is C/C=C\C1=C(C=C(C)C)C(C(=O)N2CCC3(C2)NC(=O)NC3=O)CCC1.CC. The second-order valence-corrected chi connectivity index (χ2v) is 7.65. The summed E-state index contributed by atoms with van der Waals surface area (Å²) in [6, 6.07) is -0.470. The number of hydrogen-bond acceptors (Lipinski definition) is 3. The third kappa shape index (κ3) is 4.37. The molecule has 1 aliphatic carbocycles. The molecule has 0 saturated carbocycles. The summed E-state index contributed by atoms with van der Waals surface area (Å²) in [4.78, 5) is 38.7. The Balaban J connectivity index is 0.00000136. The molecule has 6 heteroatoms. The summed E-state index contributed by atoms with van der Waals surface area (Å²) in [6.07, 6.45) is 9.48. The lowest BCUT2D eigenvalue weighted by atomic mass is 9.80. The molecule has 2 aliphatic heterocycles. The average Bonchev–Trinajstić information content (AvgIpc) is 3.20. The van der Waals surface area contributed by atoms with E-state index >= 15 is 0 Å². The van der Waals surface area contributed by atoms with Gasteiger partial charge in [0.1, 0.15) is 5.54 Å². The Kier molecular flexibility index (Phi) is 7.22. The predicted molar refractivity (Wildman–Crippen MR) is 111 cm³/mol. The second kappa shape index (κ2) is 9.22. The number of likely N-dealkylation sites (tertiary alicyclic amines) is 1. The van der Waals surface area contributed by atoms with Crippen LogP contribution in [0.4, 0.5) is 4.79 Å². The fraction of sp³-hybridized carbons (Fsp3) is 0.591. The van der Waals surface area contributed by atoms with Crippen molar-refractivity contribution in [3.05, 3.63) is 34.9 Å². The molecule has 3 rings (SSSR count). The van der Waals surface area contributed by atoms with Crippen LogP contribution in [0.25, 0.3) is 0 Å². The summed E-state index contributed by atoms with van der Waals surface area (Å²) < 4.78 is 0. The maximum absolute atomic E-state index is 13.3. The first-order chi connectivity index (χ1) is 13.4. The van der Waals surface area contributed by atoms with Crippen LogP contribution in [-0.2, 0) is 9.59 Å². The van der Waals surface area contributed by atoms with Gasteiger partial charge in [-0.15, -0.1) is 0 Å². The Hall–Kier alpha value is -2.37. The third-order valence-corrected chi connectivity index (χ3v) is 5.39. The van der Waals surface area contributed by atoms with Gasteiger partial charge in [0.2, 0.25) is 5.91 Å². The summed E-state index contributed by atoms with van der Waals surface area (Å²) in [7, 11) is 0. The molecule has 28 heavy (non-hydrogen) atoms. The first-order valence-corrected chi connectivity index (χ1v) is 10.3. The van der Waals surface area contributed by atoms with Crippen LogP contribution in [0.3, 0.4) is 0 Å². The minimum atomic E-state index is -0.950. The fourth-order valence-electron chi connectivity index (χ4n) is 4.20. The molecule has 0 aromatic rings. The fourth-order valence-corrected chi connectivity index (χ4v) is 4.20. The lowest BCUT2D eigenvalue weighted by Gasteiger charge is -2.30. The molecule has 4 amide bonds. The lowest BCUT2D eigenvalue weighted by Crippen LogP contribution is -2.50. The predicted octanol–water partition coefficient (Wildman–Crippen LogP) is 3.46. The molecule has 2 unspecified atom stereocenters. The largest absolute Gasteiger partial charge is 0.339 e. The quantitative estimate of drug-likeness (QED) is 0.728. The van der Waals surface area contributed by atoms with Crippen LogP contribution in [0.15, 0.2) is 34.9 Å². The molecule has 0 radical (unpaired) electrons. The van der Waals surface area contributed by atoms with Crippen LogP contribution in [0.1, 0.15) is 60.3 Å². The van der Waals surface area contributed by atoms with Crippen LogP contribution in [0.2, 0.25) is 0 Å². The van der Waals surface area contributed by atoms with E-state index < -0.39 is 11.6 Å². The molecule has 6 nitrogen and oxygen atoms in total. The van der Waals surface area contributed by atoms with Gasteiger partial charge in [0.05, 0.1) is 12.5 Å². The molecular weight excluding hydrogens is 354 g/mol. The number of nitrogens with one attached hydrogen (secondary N) is 2. The zero-order chi connectivity index (χ0) is 20.9. The highest BCUT2D eigenvalue weighted by Crippen LogP contribution is 2.36. The summed E-state index contributed by atoms with van der Waals surface area (Å²) in [5, 5.41) is 5.00. The van der Waals surface area contributed by atoms with Gasteiger partial charge in [-0.2, -0.15) is 0 Å². The van der Waals surface area contributed by atoms with Crippen molar-refractivity contribution in [2.24, 2.45) is 5.92 Å². The zero-order valence-corrected chi connectivity index (χ0v) is 17.7. The number of rotatable bonds is 3. The van der Waals surface area contributed by atoms with Crippen molar-refractivity contribution in [2.75, 3.05) is 13.1 Å². The van der Waals surface area contributed by atoms with Crippen molar-refractivity contribution >= 4 is 17.8 Å². The van der Waals surface area contributed by atoms with Crippen LogP contribution in [0, 0.1) is 5.92 Å². The number of urea groups is 1. The molecule has 2 N–H and O–H groups in total. The summed E-state index contributed by atoms with van der Waals surface area (Å²) in [6.45, 7) is 10.8. The summed E-state index contributed by atoms with van der Waals surface area (Å²) in [5.74, 6) is -0.443. The van der Waals surface area contributed by atoms with Crippen LogP contribution in [-0.4, -0.2) is 41.4 Å². The third-order valence-electron chi connectivity index (χ3n) is 5.39. The normalized spacial score (nSPS) is 26.9. The number of nitrogens with zero attached hydrogens (tertiary/aromatic N) is 1. The van der Waals surface area contributed by atoms with Crippen molar-refractivity contribution in [1.29, 1.82) is 0 Å². The summed E-state index contributed by atoms with van der Waals surface area (Å²) in [5.41, 5.74) is 2.54. The molecule has 2 heterocycles. The maximum Gasteiger partial charge on any atom is 0.322 e. The van der Waals surface area contributed by atoms with E-state index in [1.165, 1.54) is 11.1 Å². The van der Waals surface area contributed by atoms with Gasteiger partial charge in [0.15, 0.2) is 0 Å². The van der Waals surface area contributed by atoms with Gasteiger partial charge < -0.3 is 10.2 Å². The molecule has 1 spiro atoms. The first kappa shape index (κ1) is 21.9. The number of allylic oxidation sites excluding steroid dienone is 5. The first-order valence-electron chi connectivity index (χ1n) is 10.3. The van der Waals surface area contributed by atoms with Gasteiger partial charge in [0, 0.05) is 6.54 Å². The minimum Gasteiger partial charge on any atom is -0.339 e. The standard InChI is InChI=1S/C20H27N3O3.C2H6/c1-4-6-14-7-5-8-15(16(14)11-13(2)3)17(24)23-10-9-20(12-23)18(25)21-19(26)22-20;1-2/h4,6,11,15H,5,7-10,12H2,1-3H3,(H2,21,22,25,26);1-2H3/b6-4-;. The maximum atomic E-state index is 13.3. The number of imide groups is 1. The Labute approximate surface area is 168 Å². The van der Waals surface area contributed by atoms with E-state index in [1.54, 1.807) is 4.90 Å². The smallest absolute Gasteiger partial charge is 0.322 e. The van der Waals surface area contributed by atoms with E-state index in [9.17, 15) is 14.4 Å². The van der Waals surface area contributed by atoms with Gasteiger partial charge >= 0.3 is 6.03 Å². The zero-order valence-electron chi connectivity index (χ0n) is 17.7. The van der Waals surface area contributed by atoms with E-state index in [0.717, 1.165) is 24.8 Å². The molecule has 2 fully saturated rings. The summed E-state index contributed by atoms with van der Waals surface area (Å²) >= 11 is 0. The number of carbonyl (C=O) groups is 3. The van der Waals surface area contributed by atoms with E-state index in [-0.39, 0.29) is 24.3 Å². The van der Waals surface area contributed by atoms with E-state index in [0.29, 0.717) is 13.0 Å². The Bertz CT molecular complexity index is 731. The van der Waals surface area contributed by atoms with Crippen molar-refractivity contribution in [2.45, 2.75) is 65.8 Å². The van der Waals surface area contributed by atoms with E-state index in [2.05, 4.69) is 22.8 Å². The average molecular weight is 388 g/mol. The second-order valence-electron chi connectivity index (χ2n) is 7.65. The lowest BCUT2D eigenvalue weighted by molar-refractivity contribution is -0.134. The van der Waals surface area contributed by atoms with Gasteiger partial charge in [-0.05, 0) is 57.6 Å². The molecule has 0 aromatic heterocycles.